The summed E-state index contributed by atoms with van der Waals surface area (Å²) in [5.74, 6) is 0.690. The van der Waals surface area contributed by atoms with Crippen LogP contribution in [0.15, 0.2) is 18.2 Å². The van der Waals surface area contributed by atoms with E-state index in [2.05, 4.69) is 10.6 Å². The van der Waals surface area contributed by atoms with Crippen molar-refractivity contribution in [1.29, 1.82) is 0 Å². The van der Waals surface area contributed by atoms with Crippen molar-refractivity contribution in [2.75, 3.05) is 25.5 Å². The van der Waals surface area contributed by atoms with E-state index < -0.39 is 5.41 Å². The fourth-order valence-corrected chi connectivity index (χ4v) is 3.25. The Kier molecular flexibility index (Phi) is 3.47. The Morgan fingerprint density at radius 2 is 2.23 bits per heavy atom. The van der Waals surface area contributed by atoms with Gasteiger partial charge in [-0.25, -0.2) is 4.79 Å². The lowest BCUT2D eigenvalue weighted by Gasteiger charge is -2.23. The van der Waals surface area contributed by atoms with Gasteiger partial charge in [0, 0.05) is 24.8 Å². The molecule has 1 atom stereocenters. The van der Waals surface area contributed by atoms with Gasteiger partial charge in [0.2, 0.25) is 5.91 Å². The van der Waals surface area contributed by atoms with Crippen LogP contribution in [0.4, 0.5) is 10.5 Å². The highest BCUT2D eigenvalue weighted by Gasteiger charge is 2.52. The minimum Gasteiger partial charge on any atom is -0.497 e. The molecule has 2 aliphatic rings. The van der Waals surface area contributed by atoms with E-state index >= 15 is 0 Å². The Bertz CT molecular complexity index is 629. The molecule has 0 aliphatic carbocycles. The van der Waals surface area contributed by atoms with Gasteiger partial charge in [-0.05, 0) is 44.0 Å². The molecule has 0 aromatic heterocycles. The Morgan fingerprint density at radius 1 is 1.45 bits per heavy atom. The molecule has 0 bridgehead atoms. The zero-order valence-electron chi connectivity index (χ0n) is 13.1. The molecule has 6 nitrogen and oxygen atoms in total. The number of likely N-dealkylation sites (tertiary alicyclic amines) is 1. The van der Waals surface area contributed by atoms with E-state index in [4.69, 9.17) is 4.74 Å². The van der Waals surface area contributed by atoms with Gasteiger partial charge in [0.15, 0.2) is 0 Å². The number of benzene rings is 1. The van der Waals surface area contributed by atoms with Gasteiger partial charge in [-0.3, -0.25) is 4.79 Å². The third kappa shape index (κ3) is 2.19. The van der Waals surface area contributed by atoms with Crippen molar-refractivity contribution in [2.24, 2.45) is 0 Å². The highest BCUT2D eigenvalue weighted by molar-refractivity contribution is 6.07. The van der Waals surface area contributed by atoms with Crippen LogP contribution in [-0.2, 0) is 10.2 Å². The molecule has 1 fully saturated rings. The first-order valence-corrected chi connectivity index (χ1v) is 7.52. The molecule has 0 unspecified atom stereocenters. The van der Waals surface area contributed by atoms with Crippen molar-refractivity contribution in [3.05, 3.63) is 23.8 Å². The van der Waals surface area contributed by atoms with Crippen LogP contribution in [0, 0.1) is 0 Å². The van der Waals surface area contributed by atoms with Crippen molar-refractivity contribution in [3.8, 4) is 5.75 Å². The number of carbonyl (C=O) groups excluding carboxylic acids is 2. The van der Waals surface area contributed by atoms with Crippen LogP contribution in [0.25, 0.3) is 0 Å². The highest BCUT2D eigenvalue weighted by Crippen LogP contribution is 2.45. The summed E-state index contributed by atoms with van der Waals surface area (Å²) in [4.78, 5) is 26.4. The largest absolute Gasteiger partial charge is 0.497 e. The zero-order valence-corrected chi connectivity index (χ0v) is 13.1. The number of hydrogen-bond acceptors (Lipinski definition) is 3. The summed E-state index contributed by atoms with van der Waals surface area (Å²) in [5.41, 5.74) is 1.09. The molecule has 2 aliphatic heterocycles. The van der Waals surface area contributed by atoms with Gasteiger partial charge in [-0.1, -0.05) is 0 Å². The van der Waals surface area contributed by atoms with Crippen LogP contribution < -0.4 is 15.4 Å². The number of amides is 3. The SMILES string of the molecule is COc1ccc2c(c1)[C@]1(CCN(C(=O)NC(C)C)C1)C(=O)N2. The molecule has 2 N–H and O–H groups in total. The van der Waals surface area contributed by atoms with Gasteiger partial charge in [0.25, 0.3) is 0 Å². The number of nitrogens with one attached hydrogen (secondary N) is 2. The smallest absolute Gasteiger partial charge is 0.317 e. The molecule has 3 rings (SSSR count). The Balaban J connectivity index is 1.89. The molecule has 1 aromatic carbocycles. The van der Waals surface area contributed by atoms with Gasteiger partial charge in [0.05, 0.1) is 12.5 Å². The molecule has 22 heavy (non-hydrogen) atoms. The third-order valence-electron chi connectivity index (χ3n) is 4.39. The maximum Gasteiger partial charge on any atom is 0.317 e. The second kappa shape index (κ2) is 5.19. The number of methoxy groups -OCH3 is 1. The van der Waals surface area contributed by atoms with Crippen LogP contribution >= 0.6 is 0 Å². The van der Waals surface area contributed by atoms with Crippen molar-refractivity contribution in [1.82, 2.24) is 10.2 Å². The molecule has 1 saturated heterocycles. The lowest BCUT2D eigenvalue weighted by Crippen LogP contribution is -2.44. The van der Waals surface area contributed by atoms with E-state index in [-0.39, 0.29) is 18.0 Å². The third-order valence-corrected chi connectivity index (χ3v) is 4.39. The number of ether oxygens (including phenoxy) is 1. The zero-order chi connectivity index (χ0) is 15.9. The monoisotopic (exact) mass is 303 g/mol. The topological polar surface area (TPSA) is 70.7 Å². The Labute approximate surface area is 129 Å². The van der Waals surface area contributed by atoms with Gasteiger partial charge in [0.1, 0.15) is 5.75 Å². The fourth-order valence-electron chi connectivity index (χ4n) is 3.25. The van der Waals surface area contributed by atoms with E-state index in [1.54, 1.807) is 12.0 Å². The summed E-state index contributed by atoms with van der Waals surface area (Å²) in [6.07, 6.45) is 0.629. The molecule has 1 aromatic rings. The van der Waals surface area contributed by atoms with Crippen molar-refractivity contribution in [2.45, 2.75) is 31.7 Å². The van der Waals surface area contributed by atoms with Crippen LogP contribution in [0.5, 0.6) is 5.75 Å². The molecule has 0 saturated carbocycles. The van der Waals surface area contributed by atoms with Gasteiger partial charge in [-0.15, -0.1) is 0 Å². The second-order valence-electron chi connectivity index (χ2n) is 6.22. The van der Waals surface area contributed by atoms with E-state index in [9.17, 15) is 9.59 Å². The lowest BCUT2D eigenvalue weighted by atomic mass is 9.81. The normalized spacial score (nSPS) is 22.9. The maximum atomic E-state index is 12.5. The number of fused-ring (bicyclic) bond motifs is 2. The summed E-state index contributed by atoms with van der Waals surface area (Å²) in [6, 6.07) is 5.55. The first-order valence-electron chi connectivity index (χ1n) is 7.52. The molecule has 3 amide bonds. The minimum atomic E-state index is -0.655. The molecule has 6 heteroatoms. The Hall–Kier alpha value is -2.24. The summed E-state index contributed by atoms with van der Waals surface area (Å²) >= 11 is 0. The lowest BCUT2D eigenvalue weighted by molar-refractivity contribution is -0.120. The van der Waals surface area contributed by atoms with Crippen molar-refractivity contribution >= 4 is 17.6 Å². The second-order valence-corrected chi connectivity index (χ2v) is 6.22. The number of urea groups is 1. The Morgan fingerprint density at radius 3 is 2.91 bits per heavy atom. The number of rotatable bonds is 2. The minimum absolute atomic E-state index is 0.0319. The molecular weight excluding hydrogens is 282 g/mol. The average molecular weight is 303 g/mol. The van der Waals surface area contributed by atoms with Crippen LogP contribution in [0.1, 0.15) is 25.8 Å². The van der Waals surface area contributed by atoms with E-state index in [0.717, 1.165) is 17.0 Å². The quantitative estimate of drug-likeness (QED) is 0.874. The van der Waals surface area contributed by atoms with Crippen molar-refractivity contribution in [3.63, 3.8) is 0 Å². The number of nitrogens with zero attached hydrogens (tertiary/aromatic N) is 1. The predicted octanol–water partition coefficient (Wildman–Crippen LogP) is 1.71. The number of anilines is 1. The van der Waals surface area contributed by atoms with Crippen LogP contribution in [0.3, 0.4) is 0 Å². The van der Waals surface area contributed by atoms with Gasteiger partial charge in [-0.2, -0.15) is 0 Å². The van der Waals surface area contributed by atoms with E-state index in [0.29, 0.717) is 19.5 Å². The summed E-state index contributed by atoms with van der Waals surface area (Å²) in [5, 5.41) is 5.81. The molecular formula is C16H21N3O3. The fraction of sp³-hybridized carbons (Fsp3) is 0.500. The molecule has 2 heterocycles. The number of carbonyl (C=O) groups is 2. The molecule has 1 spiro atoms. The van der Waals surface area contributed by atoms with E-state index in [1.165, 1.54) is 0 Å². The van der Waals surface area contributed by atoms with Crippen LogP contribution in [-0.4, -0.2) is 43.1 Å². The first kappa shape index (κ1) is 14.7. The van der Waals surface area contributed by atoms with Gasteiger partial charge < -0.3 is 20.3 Å². The summed E-state index contributed by atoms with van der Waals surface area (Å²) in [6.45, 7) is 4.82. The van der Waals surface area contributed by atoms with E-state index in [1.807, 2.05) is 32.0 Å². The number of hydrogen-bond donors (Lipinski definition) is 2. The molecule has 118 valence electrons. The van der Waals surface area contributed by atoms with Crippen LogP contribution in [0.2, 0.25) is 0 Å². The van der Waals surface area contributed by atoms with Crippen molar-refractivity contribution < 1.29 is 14.3 Å². The average Bonchev–Trinajstić information content (AvgIpc) is 3.03. The first-order chi connectivity index (χ1) is 10.5. The maximum absolute atomic E-state index is 12.5. The highest BCUT2D eigenvalue weighted by atomic mass is 16.5. The summed E-state index contributed by atoms with van der Waals surface area (Å²) < 4.78 is 5.27. The standard InChI is InChI=1S/C16H21N3O3/c1-10(2)17-15(21)19-7-6-16(9-19)12-8-11(22-3)4-5-13(12)18-14(16)20/h4-5,8,10H,6-7,9H2,1-3H3,(H,17,21)(H,18,20)/t16-/m1/s1. The predicted molar refractivity (Wildman–Crippen MR) is 83.2 cm³/mol. The van der Waals surface area contributed by atoms with Gasteiger partial charge >= 0.3 is 6.03 Å². The summed E-state index contributed by atoms with van der Waals surface area (Å²) in [7, 11) is 1.61. The molecule has 0 radical (unpaired) electrons.